The molecule has 0 unspecified atom stereocenters. The summed E-state index contributed by atoms with van der Waals surface area (Å²) in [5.41, 5.74) is -0.183. The molecule has 0 fully saturated rings. The van der Waals surface area contributed by atoms with Gasteiger partial charge in [-0.3, -0.25) is 4.99 Å². The molecule has 0 saturated heterocycles. The lowest BCUT2D eigenvalue weighted by molar-refractivity contribution is 0.0264. The van der Waals surface area contributed by atoms with E-state index >= 15 is 0 Å². The minimum absolute atomic E-state index is 0.183. The minimum atomic E-state index is -0.183. The van der Waals surface area contributed by atoms with E-state index in [4.69, 9.17) is 4.74 Å². The molecule has 0 amide bonds. The van der Waals surface area contributed by atoms with Crippen molar-refractivity contribution in [3.05, 3.63) is 12.7 Å². The number of methoxy groups -OCH3 is 1. The van der Waals surface area contributed by atoms with Gasteiger partial charge in [-0.1, -0.05) is 6.08 Å². The van der Waals surface area contributed by atoms with Gasteiger partial charge in [-0.25, -0.2) is 0 Å². The van der Waals surface area contributed by atoms with Crippen molar-refractivity contribution >= 4 is 5.96 Å². The first kappa shape index (κ1) is 16.0. The molecular weight excluding hydrogens is 214 g/mol. The van der Waals surface area contributed by atoms with E-state index in [0.717, 1.165) is 31.9 Å². The molecular formula is C13H27N3O. The highest BCUT2D eigenvalue weighted by atomic mass is 16.5. The van der Waals surface area contributed by atoms with Gasteiger partial charge in [0.05, 0.1) is 5.60 Å². The van der Waals surface area contributed by atoms with Crippen LogP contribution in [-0.2, 0) is 4.74 Å². The van der Waals surface area contributed by atoms with Gasteiger partial charge in [0.2, 0.25) is 0 Å². The number of aliphatic imine (C=N–C) groups is 1. The first-order chi connectivity index (χ1) is 7.96. The number of hydrogen-bond acceptors (Lipinski definition) is 2. The third-order valence-corrected chi connectivity index (χ3v) is 2.70. The monoisotopic (exact) mass is 241 g/mol. The van der Waals surface area contributed by atoms with Gasteiger partial charge in [-0.05, 0) is 26.7 Å². The summed E-state index contributed by atoms with van der Waals surface area (Å²) in [7, 11) is 5.56. The van der Waals surface area contributed by atoms with Crippen LogP contribution >= 0.6 is 0 Å². The van der Waals surface area contributed by atoms with E-state index in [1.165, 1.54) is 0 Å². The van der Waals surface area contributed by atoms with E-state index in [0.29, 0.717) is 0 Å². The van der Waals surface area contributed by atoms with Crippen LogP contribution < -0.4 is 5.32 Å². The number of unbranched alkanes of at least 4 members (excludes halogenated alkanes) is 1. The standard InChI is InChI=1S/C13H27N3O/c1-7-8-9-10-16(5)12(14-4)15-11-13(2,3)17-6/h7H,1,8-11H2,2-6H3,(H,14,15). The zero-order chi connectivity index (χ0) is 13.3. The molecule has 0 aromatic carbocycles. The SMILES string of the molecule is C=CCCCN(C)C(=NC)NCC(C)(C)OC. The molecule has 0 aromatic rings. The maximum Gasteiger partial charge on any atom is 0.193 e. The molecule has 0 aliphatic carbocycles. The van der Waals surface area contributed by atoms with Crippen LogP contribution in [0.4, 0.5) is 0 Å². The van der Waals surface area contributed by atoms with Gasteiger partial charge in [0.1, 0.15) is 0 Å². The minimum Gasteiger partial charge on any atom is -0.377 e. The highest BCUT2D eigenvalue weighted by Gasteiger charge is 2.17. The second-order valence-corrected chi connectivity index (χ2v) is 4.72. The first-order valence-corrected chi connectivity index (χ1v) is 6.04. The van der Waals surface area contributed by atoms with Gasteiger partial charge in [0.25, 0.3) is 0 Å². The Morgan fingerprint density at radius 3 is 2.65 bits per heavy atom. The largest absolute Gasteiger partial charge is 0.377 e. The molecule has 1 N–H and O–H groups in total. The maximum absolute atomic E-state index is 5.36. The molecule has 0 spiro atoms. The van der Waals surface area contributed by atoms with Crippen LogP contribution in [0.3, 0.4) is 0 Å². The van der Waals surface area contributed by atoms with Crippen LogP contribution in [0.25, 0.3) is 0 Å². The van der Waals surface area contributed by atoms with Crippen molar-refractivity contribution < 1.29 is 4.74 Å². The van der Waals surface area contributed by atoms with Crippen LogP contribution in [0.15, 0.2) is 17.6 Å². The zero-order valence-corrected chi connectivity index (χ0v) is 11.9. The lowest BCUT2D eigenvalue weighted by Gasteiger charge is -2.27. The number of nitrogens with zero attached hydrogens (tertiary/aromatic N) is 2. The molecule has 4 heteroatoms. The number of ether oxygens (including phenoxy) is 1. The lowest BCUT2D eigenvalue weighted by atomic mass is 10.1. The molecule has 0 saturated carbocycles. The summed E-state index contributed by atoms with van der Waals surface area (Å²) in [5.74, 6) is 0.902. The zero-order valence-electron chi connectivity index (χ0n) is 11.9. The van der Waals surface area contributed by atoms with Gasteiger partial charge >= 0.3 is 0 Å². The Labute approximate surface area is 106 Å². The number of hydrogen-bond donors (Lipinski definition) is 1. The van der Waals surface area contributed by atoms with E-state index in [-0.39, 0.29) is 5.60 Å². The highest BCUT2D eigenvalue weighted by molar-refractivity contribution is 5.79. The van der Waals surface area contributed by atoms with Crippen molar-refractivity contribution in [2.45, 2.75) is 32.3 Å². The van der Waals surface area contributed by atoms with Crippen LogP contribution in [0, 0.1) is 0 Å². The van der Waals surface area contributed by atoms with E-state index in [2.05, 4.69) is 21.8 Å². The Morgan fingerprint density at radius 1 is 1.53 bits per heavy atom. The summed E-state index contributed by atoms with van der Waals surface area (Å²) in [6, 6.07) is 0. The predicted molar refractivity (Wildman–Crippen MR) is 74.5 cm³/mol. The van der Waals surface area contributed by atoms with Gasteiger partial charge in [-0.2, -0.15) is 0 Å². The Morgan fingerprint density at radius 2 is 2.18 bits per heavy atom. The van der Waals surface area contributed by atoms with Crippen molar-refractivity contribution in [2.24, 2.45) is 4.99 Å². The quantitative estimate of drug-likeness (QED) is 0.320. The van der Waals surface area contributed by atoms with Gasteiger partial charge < -0.3 is 15.0 Å². The van der Waals surface area contributed by atoms with Crippen LogP contribution in [-0.4, -0.2) is 50.8 Å². The molecule has 0 bridgehead atoms. The Bertz CT molecular complexity index is 249. The highest BCUT2D eigenvalue weighted by Crippen LogP contribution is 2.05. The summed E-state index contributed by atoms with van der Waals surface area (Å²) < 4.78 is 5.36. The Kier molecular flexibility index (Phi) is 7.63. The van der Waals surface area contributed by atoms with Gasteiger partial charge in [0, 0.05) is 34.3 Å². The molecule has 0 rings (SSSR count). The third-order valence-electron chi connectivity index (χ3n) is 2.70. The molecule has 0 radical (unpaired) electrons. The number of nitrogens with one attached hydrogen (secondary N) is 1. The normalized spacial score (nSPS) is 12.4. The summed E-state index contributed by atoms with van der Waals surface area (Å²) in [4.78, 5) is 6.37. The van der Waals surface area contributed by atoms with Crippen LogP contribution in [0.2, 0.25) is 0 Å². The molecule has 0 atom stereocenters. The van der Waals surface area contributed by atoms with E-state index in [9.17, 15) is 0 Å². The van der Waals surface area contributed by atoms with Crippen molar-refractivity contribution in [2.75, 3.05) is 34.3 Å². The van der Waals surface area contributed by atoms with Crippen LogP contribution in [0.1, 0.15) is 26.7 Å². The van der Waals surface area contributed by atoms with E-state index in [1.807, 2.05) is 27.0 Å². The van der Waals surface area contributed by atoms with Gasteiger partial charge in [0.15, 0.2) is 5.96 Å². The summed E-state index contributed by atoms with van der Waals surface area (Å²) >= 11 is 0. The smallest absolute Gasteiger partial charge is 0.193 e. The molecule has 0 aromatic heterocycles. The fourth-order valence-electron chi connectivity index (χ4n) is 1.33. The van der Waals surface area contributed by atoms with Crippen LogP contribution in [0.5, 0.6) is 0 Å². The van der Waals surface area contributed by atoms with E-state index in [1.54, 1.807) is 14.2 Å². The average molecular weight is 241 g/mol. The summed E-state index contributed by atoms with van der Waals surface area (Å²) in [6.07, 6.45) is 4.07. The molecule has 0 aliphatic heterocycles. The van der Waals surface area contributed by atoms with E-state index < -0.39 is 0 Å². The van der Waals surface area contributed by atoms with Gasteiger partial charge in [-0.15, -0.1) is 6.58 Å². The molecule has 4 nitrogen and oxygen atoms in total. The summed E-state index contributed by atoms with van der Waals surface area (Å²) in [6.45, 7) is 9.52. The second-order valence-electron chi connectivity index (χ2n) is 4.72. The summed E-state index contributed by atoms with van der Waals surface area (Å²) in [5, 5.41) is 3.31. The number of allylic oxidation sites excluding steroid dienone is 1. The Hall–Kier alpha value is -1.03. The fraction of sp³-hybridized carbons (Fsp3) is 0.769. The van der Waals surface area contributed by atoms with Crippen molar-refractivity contribution in [1.29, 1.82) is 0 Å². The van der Waals surface area contributed by atoms with Crippen molar-refractivity contribution in [3.63, 3.8) is 0 Å². The number of guanidine groups is 1. The molecule has 17 heavy (non-hydrogen) atoms. The lowest BCUT2D eigenvalue weighted by Crippen LogP contribution is -2.46. The average Bonchev–Trinajstić information content (AvgIpc) is 2.30. The fourth-order valence-corrected chi connectivity index (χ4v) is 1.33. The topological polar surface area (TPSA) is 36.9 Å². The Balaban J connectivity index is 4.11. The number of rotatable bonds is 7. The maximum atomic E-state index is 5.36. The van der Waals surface area contributed by atoms with Crippen molar-refractivity contribution in [1.82, 2.24) is 10.2 Å². The first-order valence-electron chi connectivity index (χ1n) is 6.04. The third kappa shape index (κ3) is 7.00. The van der Waals surface area contributed by atoms with Crippen molar-refractivity contribution in [3.8, 4) is 0 Å². The predicted octanol–water partition coefficient (Wildman–Crippen LogP) is 1.88. The molecule has 0 aliphatic rings. The second kappa shape index (κ2) is 8.12. The molecule has 100 valence electrons. The molecule has 0 heterocycles.